The fourth-order valence-corrected chi connectivity index (χ4v) is 11.7. The Bertz CT molecular complexity index is 3870. The minimum atomic E-state index is -0.600. The zero-order chi connectivity index (χ0) is 44.1. The molecule has 2 nitrogen and oxygen atoms in total. The van der Waals surface area contributed by atoms with Crippen LogP contribution in [0.1, 0.15) is 22.3 Å². The van der Waals surface area contributed by atoms with Gasteiger partial charge in [0.05, 0.1) is 11.1 Å². The molecule has 11 aromatic carbocycles. The molecule has 0 N–H and O–H groups in total. The first-order chi connectivity index (χ1) is 33.3. The van der Waals surface area contributed by atoms with Crippen molar-refractivity contribution in [1.82, 2.24) is 0 Å². The van der Waals surface area contributed by atoms with Gasteiger partial charge in [-0.1, -0.05) is 206 Å². The summed E-state index contributed by atoms with van der Waals surface area (Å²) in [4.78, 5) is 2.44. The van der Waals surface area contributed by atoms with Gasteiger partial charge in [0.1, 0.15) is 11.2 Å². The molecular formula is C65H41NO. The van der Waals surface area contributed by atoms with Crippen molar-refractivity contribution in [2.24, 2.45) is 0 Å². The third-order valence-corrected chi connectivity index (χ3v) is 14.5. The number of rotatable bonds is 6. The van der Waals surface area contributed by atoms with Crippen LogP contribution in [-0.2, 0) is 5.41 Å². The van der Waals surface area contributed by atoms with Crippen molar-refractivity contribution in [3.8, 4) is 55.6 Å². The molecule has 0 fully saturated rings. The van der Waals surface area contributed by atoms with E-state index < -0.39 is 5.41 Å². The molecule has 0 unspecified atom stereocenters. The molecule has 67 heavy (non-hydrogen) atoms. The maximum Gasteiger partial charge on any atom is 0.143 e. The zero-order valence-electron chi connectivity index (χ0n) is 36.5. The number of fused-ring (bicyclic) bond motifs is 14. The highest BCUT2D eigenvalue weighted by atomic mass is 16.3. The molecule has 1 heterocycles. The van der Waals surface area contributed by atoms with E-state index in [1.807, 2.05) is 0 Å². The lowest BCUT2D eigenvalue weighted by molar-refractivity contribution is 0.668. The summed E-state index contributed by atoms with van der Waals surface area (Å²) in [7, 11) is 0. The van der Waals surface area contributed by atoms with Crippen LogP contribution < -0.4 is 4.90 Å². The summed E-state index contributed by atoms with van der Waals surface area (Å²) in [5.74, 6) is 0. The normalized spacial score (nSPS) is 12.9. The van der Waals surface area contributed by atoms with Crippen molar-refractivity contribution in [1.29, 1.82) is 0 Å². The zero-order valence-corrected chi connectivity index (χ0v) is 36.5. The van der Waals surface area contributed by atoms with Gasteiger partial charge in [0.15, 0.2) is 0 Å². The van der Waals surface area contributed by atoms with E-state index in [4.69, 9.17) is 4.42 Å². The lowest BCUT2D eigenvalue weighted by atomic mass is 9.68. The number of hydrogen-bond donors (Lipinski definition) is 0. The van der Waals surface area contributed by atoms with E-state index in [-0.39, 0.29) is 0 Å². The highest BCUT2D eigenvalue weighted by Crippen LogP contribution is 2.66. The second kappa shape index (κ2) is 14.7. The van der Waals surface area contributed by atoms with Gasteiger partial charge in [-0.25, -0.2) is 0 Å². The van der Waals surface area contributed by atoms with Crippen LogP contribution in [0.2, 0.25) is 0 Å². The quantitative estimate of drug-likeness (QED) is 0.166. The number of nitrogens with zero attached hydrogens (tertiary/aromatic N) is 1. The van der Waals surface area contributed by atoms with Crippen molar-refractivity contribution >= 4 is 49.8 Å². The topological polar surface area (TPSA) is 16.4 Å². The predicted octanol–water partition coefficient (Wildman–Crippen LogP) is 17.6. The maximum atomic E-state index is 7.23. The summed E-state index contributed by atoms with van der Waals surface area (Å²) >= 11 is 0. The molecule has 12 aromatic rings. The van der Waals surface area contributed by atoms with E-state index in [0.717, 1.165) is 50.1 Å². The molecular weight excluding hydrogens is 811 g/mol. The average molecular weight is 852 g/mol. The van der Waals surface area contributed by atoms with Gasteiger partial charge >= 0.3 is 0 Å². The van der Waals surface area contributed by atoms with Gasteiger partial charge in [0, 0.05) is 33.3 Å². The summed E-state index contributed by atoms with van der Waals surface area (Å²) in [6.45, 7) is 0. The molecule has 1 spiro atoms. The average Bonchev–Trinajstić information content (AvgIpc) is 4.03. The van der Waals surface area contributed by atoms with Crippen LogP contribution in [0, 0.1) is 0 Å². The molecule has 14 rings (SSSR count). The van der Waals surface area contributed by atoms with Crippen molar-refractivity contribution in [2.75, 3.05) is 4.90 Å². The highest BCUT2D eigenvalue weighted by Gasteiger charge is 2.53. The summed E-state index contributed by atoms with van der Waals surface area (Å²) < 4.78 is 7.23. The monoisotopic (exact) mass is 851 g/mol. The minimum absolute atomic E-state index is 0.600. The predicted molar refractivity (Wildman–Crippen MR) is 279 cm³/mol. The summed E-state index contributed by atoms with van der Waals surface area (Å²) in [5.41, 5.74) is 21.5. The smallest absolute Gasteiger partial charge is 0.143 e. The van der Waals surface area contributed by atoms with Crippen LogP contribution in [0.3, 0.4) is 0 Å². The van der Waals surface area contributed by atoms with E-state index in [1.54, 1.807) is 0 Å². The Morgan fingerprint density at radius 1 is 0.328 bits per heavy atom. The van der Waals surface area contributed by atoms with Crippen LogP contribution in [0.15, 0.2) is 253 Å². The fourth-order valence-electron chi connectivity index (χ4n) is 11.7. The lowest BCUT2D eigenvalue weighted by Crippen LogP contribution is -2.27. The second-order valence-corrected chi connectivity index (χ2v) is 17.9. The first-order valence-corrected chi connectivity index (χ1v) is 23.2. The van der Waals surface area contributed by atoms with Gasteiger partial charge in [-0.05, 0) is 120 Å². The molecule has 2 heteroatoms. The van der Waals surface area contributed by atoms with Gasteiger partial charge in [-0.3, -0.25) is 0 Å². The molecule has 0 atom stereocenters. The molecule has 0 radical (unpaired) electrons. The Morgan fingerprint density at radius 3 is 1.51 bits per heavy atom. The highest BCUT2D eigenvalue weighted by molar-refractivity contribution is 6.16. The van der Waals surface area contributed by atoms with Crippen LogP contribution in [0.5, 0.6) is 0 Å². The third-order valence-electron chi connectivity index (χ3n) is 14.5. The summed E-state index contributed by atoms with van der Waals surface area (Å²) in [5, 5.41) is 4.71. The van der Waals surface area contributed by atoms with E-state index in [2.05, 4.69) is 254 Å². The molecule has 2 aliphatic carbocycles. The number of benzene rings is 11. The van der Waals surface area contributed by atoms with Gasteiger partial charge < -0.3 is 9.32 Å². The Balaban J connectivity index is 1.07. The largest absolute Gasteiger partial charge is 0.455 e. The number of furan rings is 1. The number of hydrogen-bond acceptors (Lipinski definition) is 2. The molecule has 0 saturated carbocycles. The summed E-state index contributed by atoms with van der Waals surface area (Å²) in [6.07, 6.45) is 0. The van der Waals surface area contributed by atoms with Crippen LogP contribution >= 0.6 is 0 Å². The van der Waals surface area contributed by atoms with Crippen LogP contribution in [-0.4, -0.2) is 0 Å². The molecule has 0 saturated heterocycles. The molecule has 0 bridgehead atoms. The first-order valence-electron chi connectivity index (χ1n) is 23.2. The van der Waals surface area contributed by atoms with Gasteiger partial charge in [-0.15, -0.1) is 0 Å². The first kappa shape index (κ1) is 37.6. The molecule has 1 aromatic heterocycles. The molecule has 0 aliphatic heterocycles. The fraction of sp³-hybridized carbons (Fsp3) is 0.0154. The number of para-hydroxylation sites is 2. The third kappa shape index (κ3) is 5.45. The SMILES string of the molecule is c1ccc(-c2ccc(N(c3ccc(-c4cccc5ccccc45)cc3)c3ccccc3-c3c4c(cc5c3oc3ccccc35)-c3ccccc3C43c4ccccc4-c4ccccc43)cc2)cc1. The Labute approximate surface area is 389 Å². The van der Waals surface area contributed by atoms with Crippen LogP contribution in [0.4, 0.5) is 17.1 Å². The van der Waals surface area contributed by atoms with E-state index in [9.17, 15) is 0 Å². The Hall–Kier alpha value is -8.72. The van der Waals surface area contributed by atoms with Crippen molar-refractivity contribution in [3.05, 3.63) is 271 Å². The molecule has 0 amide bonds. The summed E-state index contributed by atoms with van der Waals surface area (Å²) in [6, 6.07) is 91.2. The van der Waals surface area contributed by atoms with Gasteiger partial charge in [-0.2, -0.15) is 0 Å². The number of anilines is 3. The second-order valence-electron chi connectivity index (χ2n) is 17.9. The van der Waals surface area contributed by atoms with Gasteiger partial charge in [0.2, 0.25) is 0 Å². The van der Waals surface area contributed by atoms with E-state index in [0.29, 0.717) is 0 Å². The minimum Gasteiger partial charge on any atom is -0.455 e. The van der Waals surface area contributed by atoms with Crippen molar-refractivity contribution in [2.45, 2.75) is 5.41 Å². The maximum absolute atomic E-state index is 7.23. The Kier molecular flexibility index (Phi) is 8.23. The van der Waals surface area contributed by atoms with E-state index in [1.165, 1.54) is 77.5 Å². The molecule has 312 valence electrons. The standard InChI is InChI=1S/C65H41NO/c1-2-17-42(18-3-1)43-33-37-46(38-34-43)66(47-39-35-45(36-40-47)49-27-16-20-44-19-4-5-21-48(44)49)60-31-14-9-26-54(60)62-63-55(41-56-53-25-10-15-32-61(53)67-64(56)62)52-24-8-13-30-59(52)65(63)57-28-11-6-22-50(57)51-23-7-12-29-58(51)65/h1-41H. The van der Waals surface area contributed by atoms with E-state index >= 15 is 0 Å². The molecule has 2 aliphatic rings. The van der Waals surface area contributed by atoms with Crippen molar-refractivity contribution < 1.29 is 4.42 Å². The lowest BCUT2D eigenvalue weighted by Gasteiger charge is -2.33. The van der Waals surface area contributed by atoms with Crippen LogP contribution in [0.25, 0.3) is 88.3 Å². The van der Waals surface area contributed by atoms with Crippen molar-refractivity contribution in [3.63, 3.8) is 0 Å². The Morgan fingerprint density at radius 2 is 0.821 bits per heavy atom. The van der Waals surface area contributed by atoms with Gasteiger partial charge in [0.25, 0.3) is 0 Å².